The van der Waals surface area contributed by atoms with Crippen molar-refractivity contribution in [1.29, 1.82) is 0 Å². The predicted molar refractivity (Wildman–Crippen MR) is 141 cm³/mol. The first-order valence-corrected chi connectivity index (χ1v) is 12.6. The van der Waals surface area contributed by atoms with Gasteiger partial charge in [0.05, 0.1) is 28.8 Å². The molecule has 1 saturated carbocycles. The smallest absolute Gasteiger partial charge is 0.235 e. The van der Waals surface area contributed by atoms with Gasteiger partial charge in [-0.15, -0.1) is 11.3 Å². The number of pyridine rings is 3. The minimum atomic E-state index is 0.0341. The summed E-state index contributed by atoms with van der Waals surface area (Å²) in [5, 5.41) is 11.1. The number of aromatic nitrogens is 8. The van der Waals surface area contributed by atoms with E-state index in [2.05, 4.69) is 30.1 Å². The average molecular weight is 491 g/mol. The molecule has 0 radical (unpaired) electrons. The summed E-state index contributed by atoms with van der Waals surface area (Å²) in [6.07, 6.45) is 11.9. The summed E-state index contributed by atoms with van der Waals surface area (Å²) in [6.45, 7) is 0. The maximum Gasteiger partial charge on any atom is 0.235 e. The number of hydrogen-bond donors (Lipinski definition) is 2. The van der Waals surface area contributed by atoms with Crippen molar-refractivity contribution in [2.24, 2.45) is 5.92 Å². The van der Waals surface area contributed by atoms with Crippen molar-refractivity contribution in [3.8, 4) is 0 Å². The van der Waals surface area contributed by atoms with Gasteiger partial charge in [0.15, 0.2) is 11.3 Å². The number of H-pyrrole nitrogens is 2. The number of aromatic amines is 2. The van der Waals surface area contributed by atoms with Gasteiger partial charge in [0.1, 0.15) is 15.9 Å². The molecule has 10 heteroatoms. The van der Waals surface area contributed by atoms with E-state index >= 15 is 0 Å². The van der Waals surface area contributed by atoms with Gasteiger partial charge in [-0.1, -0.05) is 6.42 Å². The second-order valence-electron chi connectivity index (χ2n) is 9.23. The van der Waals surface area contributed by atoms with E-state index in [-0.39, 0.29) is 11.8 Å². The van der Waals surface area contributed by atoms with Crippen molar-refractivity contribution in [2.45, 2.75) is 19.3 Å². The molecule has 8 bridgehead atoms. The van der Waals surface area contributed by atoms with E-state index in [1.54, 1.807) is 36.1 Å². The van der Waals surface area contributed by atoms with Gasteiger partial charge in [0.2, 0.25) is 5.91 Å². The van der Waals surface area contributed by atoms with Crippen molar-refractivity contribution in [3.63, 3.8) is 0 Å². The van der Waals surface area contributed by atoms with E-state index in [1.165, 1.54) is 0 Å². The van der Waals surface area contributed by atoms with Gasteiger partial charge in [-0.25, -0.2) is 9.97 Å². The zero-order valence-corrected chi connectivity index (χ0v) is 19.7. The SMILES string of the molecule is O=C(C1CCC1)n1c2cncc(c2)c2cnc3[nH]nc(c4nc5c(cncc5c5ccc1s5)[nH]4)c3c2. The first-order chi connectivity index (χ1) is 17.7. The van der Waals surface area contributed by atoms with E-state index < -0.39 is 0 Å². The van der Waals surface area contributed by atoms with Gasteiger partial charge in [-0.05, 0) is 37.1 Å². The average Bonchev–Trinajstić information content (AvgIpc) is 3.60. The second kappa shape index (κ2) is 7.28. The molecule has 9 nitrogen and oxygen atoms in total. The highest BCUT2D eigenvalue weighted by Gasteiger charge is 2.27. The molecular formula is C26H18N8OS. The van der Waals surface area contributed by atoms with Gasteiger partial charge in [0, 0.05) is 45.4 Å². The first kappa shape index (κ1) is 19.8. The molecule has 7 heterocycles. The van der Waals surface area contributed by atoms with Crippen LogP contribution < -0.4 is 0 Å². The zero-order chi connectivity index (χ0) is 23.8. The molecule has 1 aliphatic carbocycles. The maximum atomic E-state index is 13.7. The first-order valence-electron chi connectivity index (χ1n) is 11.8. The highest BCUT2D eigenvalue weighted by atomic mass is 32.1. The van der Waals surface area contributed by atoms with E-state index in [4.69, 9.17) is 4.98 Å². The number of nitrogens with one attached hydrogen (secondary N) is 2. The van der Waals surface area contributed by atoms with Crippen molar-refractivity contribution in [3.05, 3.63) is 55.2 Å². The van der Waals surface area contributed by atoms with Crippen LogP contribution in [0.3, 0.4) is 0 Å². The number of hydrogen-bond acceptors (Lipinski definition) is 7. The lowest BCUT2D eigenvalue weighted by atomic mass is 9.84. The number of fused-ring (bicyclic) bond motifs is 9. The lowest BCUT2D eigenvalue weighted by Crippen LogP contribution is -2.27. The molecule has 36 heavy (non-hydrogen) atoms. The quantitative estimate of drug-likeness (QED) is 0.306. The monoisotopic (exact) mass is 490 g/mol. The van der Waals surface area contributed by atoms with Gasteiger partial charge in [-0.3, -0.25) is 24.4 Å². The summed E-state index contributed by atoms with van der Waals surface area (Å²) < 4.78 is 2.81. The summed E-state index contributed by atoms with van der Waals surface area (Å²) in [4.78, 5) is 36.4. The van der Waals surface area contributed by atoms with Crippen molar-refractivity contribution in [1.82, 2.24) is 39.7 Å². The molecule has 2 N–H and O–H groups in total. The van der Waals surface area contributed by atoms with E-state index in [1.807, 2.05) is 35.0 Å². The van der Waals surface area contributed by atoms with Gasteiger partial charge < -0.3 is 4.98 Å². The lowest BCUT2D eigenvalue weighted by molar-refractivity contribution is 0.0776. The van der Waals surface area contributed by atoms with Crippen molar-refractivity contribution in [2.75, 3.05) is 0 Å². The molecule has 0 atom stereocenters. The topological polar surface area (TPSA) is 118 Å². The Balaban J connectivity index is 1.62. The minimum Gasteiger partial charge on any atom is -0.335 e. The largest absolute Gasteiger partial charge is 0.335 e. The van der Waals surface area contributed by atoms with Crippen molar-refractivity contribution < 1.29 is 4.79 Å². The van der Waals surface area contributed by atoms with Crippen molar-refractivity contribution >= 4 is 81.7 Å². The Hall–Kier alpha value is -4.44. The van der Waals surface area contributed by atoms with E-state index in [0.29, 0.717) is 16.8 Å². The Bertz CT molecular complexity index is 2080. The summed E-state index contributed by atoms with van der Waals surface area (Å²) in [6, 6.07) is 8.09. The Morgan fingerprint density at radius 2 is 1.83 bits per heavy atom. The number of nitrogens with zero attached hydrogens (tertiary/aromatic N) is 6. The highest BCUT2D eigenvalue weighted by molar-refractivity contribution is 7.24. The van der Waals surface area contributed by atoms with Crippen LogP contribution in [0.4, 0.5) is 0 Å². The normalized spacial score (nSPS) is 14.3. The zero-order valence-electron chi connectivity index (χ0n) is 18.9. The molecule has 0 spiro atoms. The van der Waals surface area contributed by atoms with Crippen LogP contribution in [0.5, 0.6) is 0 Å². The Morgan fingerprint density at radius 3 is 2.72 bits per heavy atom. The third kappa shape index (κ3) is 2.81. The fourth-order valence-electron chi connectivity index (χ4n) is 4.97. The summed E-state index contributed by atoms with van der Waals surface area (Å²) >= 11 is 1.55. The number of imidazole rings is 1. The lowest BCUT2D eigenvalue weighted by Gasteiger charge is -2.24. The third-order valence-electron chi connectivity index (χ3n) is 7.10. The molecule has 0 saturated heterocycles. The fraction of sp³-hybridized carbons (Fsp3) is 0.154. The van der Waals surface area contributed by atoms with E-state index in [0.717, 1.165) is 66.9 Å². The van der Waals surface area contributed by atoms with Crippen LogP contribution in [0.2, 0.25) is 0 Å². The van der Waals surface area contributed by atoms with Crippen LogP contribution in [0.15, 0.2) is 55.2 Å². The Labute approximate surface area is 206 Å². The van der Waals surface area contributed by atoms with E-state index in [9.17, 15) is 4.79 Å². The molecule has 1 fully saturated rings. The molecule has 1 aliphatic rings. The van der Waals surface area contributed by atoms with Gasteiger partial charge in [-0.2, -0.15) is 5.10 Å². The summed E-state index contributed by atoms with van der Waals surface area (Å²) in [5.41, 5.74) is 4.38. The molecule has 0 amide bonds. The Kier molecular flexibility index (Phi) is 4.01. The molecule has 0 aromatic carbocycles. The summed E-state index contributed by atoms with van der Waals surface area (Å²) in [5.74, 6) is 0.147. The Morgan fingerprint density at radius 1 is 0.944 bits per heavy atom. The predicted octanol–water partition coefficient (Wildman–Crippen LogP) is 5.66. The van der Waals surface area contributed by atoms with Crippen LogP contribution in [-0.2, 0) is 0 Å². The number of carbonyl (C=O) groups excluding carboxylic acids is 1. The van der Waals surface area contributed by atoms with Crippen LogP contribution in [0, 0.1) is 5.92 Å². The fourth-order valence-corrected chi connectivity index (χ4v) is 6.01. The molecule has 7 aromatic rings. The third-order valence-corrected chi connectivity index (χ3v) is 8.21. The molecule has 7 aromatic heterocycles. The maximum absolute atomic E-state index is 13.7. The number of thiophene rings is 1. The van der Waals surface area contributed by atoms with Crippen LogP contribution in [0.25, 0.3) is 64.4 Å². The molecule has 174 valence electrons. The van der Waals surface area contributed by atoms with Crippen LogP contribution in [-0.4, -0.2) is 45.6 Å². The standard InChI is InChI=1S/C26H18N8OS/c35-26(13-2-1-3-13)34-16-6-14(8-27-10-16)15-7-17-23(32-33-24(17)29-9-15)25-30-19-12-28-11-18(22(19)31-25)20-4-5-21(34)36-20/h4-13H,1-3H2,(H,30,31)(H,29,32,33). The minimum absolute atomic E-state index is 0.0341. The molecular weight excluding hydrogens is 472 g/mol. The van der Waals surface area contributed by atoms with Crippen LogP contribution in [0.1, 0.15) is 24.1 Å². The molecule has 0 aliphatic heterocycles. The van der Waals surface area contributed by atoms with Crippen LogP contribution >= 0.6 is 11.3 Å². The highest BCUT2D eigenvalue weighted by Crippen LogP contribution is 2.33. The number of carbonyl (C=O) groups is 1. The second-order valence-corrected chi connectivity index (χ2v) is 10.3. The molecule has 8 rings (SSSR count). The number of rotatable bonds is 1. The summed E-state index contributed by atoms with van der Waals surface area (Å²) in [7, 11) is 0. The van der Waals surface area contributed by atoms with Gasteiger partial charge in [0.25, 0.3) is 0 Å². The van der Waals surface area contributed by atoms with Gasteiger partial charge >= 0.3 is 0 Å². The molecule has 0 unspecified atom stereocenters.